The van der Waals surface area contributed by atoms with Crippen LogP contribution in [0.4, 0.5) is 0 Å². The van der Waals surface area contributed by atoms with Crippen molar-refractivity contribution in [3.05, 3.63) is 28.8 Å². The lowest BCUT2D eigenvalue weighted by Crippen LogP contribution is -2.27. The molecule has 0 aliphatic carbocycles. The smallest absolute Gasteiger partial charge is 0.180 e. The second kappa shape index (κ2) is 6.20. The van der Waals surface area contributed by atoms with Crippen LogP contribution in [0.15, 0.2) is 12.1 Å². The standard InChI is InChI=1S/C16H23NO2/c1-4-19-16-10-13(3)12(2)9-14(16)15(18)11-17-7-5-6-8-17/h9-10H,4-8,11H2,1-3H3. The quantitative estimate of drug-likeness (QED) is 0.763. The maximum Gasteiger partial charge on any atom is 0.180 e. The summed E-state index contributed by atoms with van der Waals surface area (Å²) in [6.45, 7) is 9.23. The molecule has 0 N–H and O–H groups in total. The minimum atomic E-state index is 0.174. The van der Waals surface area contributed by atoms with Gasteiger partial charge >= 0.3 is 0 Å². The maximum atomic E-state index is 12.4. The lowest BCUT2D eigenvalue weighted by molar-refractivity contribution is 0.0941. The predicted octanol–water partition coefficient (Wildman–Crippen LogP) is 2.98. The van der Waals surface area contributed by atoms with Gasteiger partial charge in [0, 0.05) is 0 Å². The molecule has 1 aromatic carbocycles. The fourth-order valence-electron chi connectivity index (χ4n) is 2.51. The van der Waals surface area contributed by atoms with Gasteiger partial charge in [0.15, 0.2) is 5.78 Å². The number of ketones is 1. The molecule has 1 aliphatic rings. The van der Waals surface area contributed by atoms with Crippen molar-refractivity contribution in [2.24, 2.45) is 0 Å². The van der Waals surface area contributed by atoms with Crippen LogP contribution in [0.5, 0.6) is 5.75 Å². The van der Waals surface area contributed by atoms with Crippen molar-refractivity contribution in [3.63, 3.8) is 0 Å². The van der Waals surface area contributed by atoms with E-state index >= 15 is 0 Å². The van der Waals surface area contributed by atoms with Crippen LogP contribution in [0.3, 0.4) is 0 Å². The van der Waals surface area contributed by atoms with Crippen molar-refractivity contribution in [1.29, 1.82) is 0 Å². The van der Waals surface area contributed by atoms with Gasteiger partial charge < -0.3 is 4.74 Å². The Kier molecular flexibility index (Phi) is 4.59. The number of carbonyl (C=O) groups is 1. The molecule has 0 unspecified atom stereocenters. The molecule has 3 nitrogen and oxygen atoms in total. The van der Waals surface area contributed by atoms with E-state index in [1.807, 2.05) is 32.9 Å². The summed E-state index contributed by atoms with van der Waals surface area (Å²) in [6.07, 6.45) is 2.41. The Morgan fingerprint density at radius 2 is 1.84 bits per heavy atom. The largest absolute Gasteiger partial charge is 0.493 e. The lowest BCUT2D eigenvalue weighted by Gasteiger charge is -2.16. The van der Waals surface area contributed by atoms with Gasteiger partial charge in [0.05, 0.1) is 18.7 Å². The van der Waals surface area contributed by atoms with Crippen molar-refractivity contribution in [1.82, 2.24) is 4.90 Å². The maximum absolute atomic E-state index is 12.4. The van der Waals surface area contributed by atoms with Gasteiger partial charge in [-0.1, -0.05) is 0 Å². The zero-order valence-electron chi connectivity index (χ0n) is 12.2. The Bertz CT molecular complexity index is 462. The van der Waals surface area contributed by atoms with Crippen LogP contribution >= 0.6 is 0 Å². The number of hydrogen-bond donors (Lipinski definition) is 0. The first kappa shape index (κ1) is 14.1. The molecule has 0 radical (unpaired) electrons. The van der Waals surface area contributed by atoms with Crippen LogP contribution < -0.4 is 4.74 Å². The monoisotopic (exact) mass is 261 g/mol. The molecular formula is C16H23NO2. The molecule has 0 bridgehead atoms. The molecule has 0 atom stereocenters. The first-order valence-electron chi connectivity index (χ1n) is 7.11. The van der Waals surface area contributed by atoms with Gasteiger partial charge in [-0.3, -0.25) is 9.69 Å². The topological polar surface area (TPSA) is 29.5 Å². The van der Waals surface area contributed by atoms with E-state index in [-0.39, 0.29) is 5.78 Å². The molecule has 3 heteroatoms. The first-order valence-corrected chi connectivity index (χ1v) is 7.11. The zero-order valence-corrected chi connectivity index (χ0v) is 12.2. The van der Waals surface area contributed by atoms with Crippen LogP contribution in [0.2, 0.25) is 0 Å². The SMILES string of the molecule is CCOc1cc(C)c(C)cc1C(=O)CN1CCCC1. The van der Waals surface area contributed by atoms with E-state index in [2.05, 4.69) is 4.90 Å². The van der Waals surface area contributed by atoms with E-state index in [0.717, 1.165) is 30.0 Å². The first-order chi connectivity index (χ1) is 9.11. The van der Waals surface area contributed by atoms with Gasteiger partial charge in [0.1, 0.15) is 5.75 Å². The minimum Gasteiger partial charge on any atom is -0.493 e. The normalized spacial score (nSPS) is 15.7. The van der Waals surface area contributed by atoms with Gasteiger partial charge in [-0.2, -0.15) is 0 Å². The van der Waals surface area contributed by atoms with Gasteiger partial charge in [-0.25, -0.2) is 0 Å². The van der Waals surface area contributed by atoms with Crippen molar-refractivity contribution in [3.8, 4) is 5.75 Å². The zero-order chi connectivity index (χ0) is 13.8. The van der Waals surface area contributed by atoms with Crippen LogP contribution in [0.1, 0.15) is 41.3 Å². The molecular weight excluding hydrogens is 238 g/mol. The number of benzene rings is 1. The van der Waals surface area contributed by atoms with E-state index in [9.17, 15) is 4.79 Å². The predicted molar refractivity (Wildman–Crippen MR) is 77.1 cm³/mol. The molecule has 1 saturated heterocycles. The fourth-order valence-corrected chi connectivity index (χ4v) is 2.51. The van der Waals surface area contributed by atoms with Gasteiger partial charge in [-0.15, -0.1) is 0 Å². The highest BCUT2D eigenvalue weighted by Crippen LogP contribution is 2.24. The summed E-state index contributed by atoms with van der Waals surface area (Å²) < 4.78 is 5.62. The number of hydrogen-bond acceptors (Lipinski definition) is 3. The minimum absolute atomic E-state index is 0.174. The molecule has 1 aliphatic heterocycles. The van der Waals surface area contributed by atoms with Crippen molar-refractivity contribution >= 4 is 5.78 Å². The highest BCUT2D eigenvalue weighted by atomic mass is 16.5. The van der Waals surface area contributed by atoms with E-state index in [4.69, 9.17) is 4.74 Å². The Balaban J connectivity index is 2.20. The summed E-state index contributed by atoms with van der Waals surface area (Å²) in [5, 5.41) is 0. The van der Waals surface area contributed by atoms with Crippen molar-refractivity contribution < 1.29 is 9.53 Å². The van der Waals surface area contributed by atoms with Crippen LogP contribution in [0, 0.1) is 13.8 Å². The molecule has 2 rings (SSSR count). The van der Waals surface area contributed by atoms with E-state index in [0.29, 0.717) is 13.2 Å². The van der Waals surface area contributed by atoms with Gasteiger partial charge in [0.25, 0.3) is 0 Å². The number of ether oxygens (including phenoxy) is 1. The third kappa shape index (κ3) is 3.35. The summed E-state index contributed by atoms with van der Waals surface area (Å²) in [7, 11) is 0. The number of likely N-dealkylation sites (tertiary alicyclic amines) is 1. The number of Topliss-reactive ketones (excluding diaryl/α,β-unsaturated/α-hetero) is 1. The van der Waals surface area contributed by atoms with E-state index < -0.39 is 0 Å². The molecule has 1 fully saturated rings. The third-order valence-corrected chi connectivity index (χ3v) is 3.76. The summed E-state index contributed by atoms with van der Waals surface area (Å²) in [5.74, 6) is 0.906. The Morgan fingerprint density at radius 3 is 2.47 bits per heavy atom. The number of carbonyl (C=O) groups excluding carboxylic acids is 1. The van der Waals surface area contributed by atoms with E-state index in [1.54, 1.807) is 0 Å². The Hall–Kier alpha value is -1.35. The van der Waals surface area contributed by atoms with Gasteiger partial charge in [0.2, 0.25) is 0 Å². The number of nitrogens with zero attached hydrogens (tertiary/aromatic N) is 1. The average Bonchev–Trinajstić information content (AvgIpc) is 2.86. The highest BCUT2D eigenvalue weighted by molar-refractivity contribution is 6.00. The molecule has 0 aromatic heterocycles. The summed E-state index contributed by atoms with van der Waals surface area (Å²) in [6, 6.07) is 3.95. The summed E-state index contributed by atoms with van der Waals surface area (Å²) in [4.78, 5) is 14.7. The summed E-state index contributed by atoms with van der Waals surface area (Å²) >= 11 is 0. The molecule has 0 amide bonds. The summed E-state index contributed by atoms with van der Waals surface area (Å²) in [5.41, 5.74) is 3.05. The molecule has 1 aromatic rings. The fraction of sp³-hybridized carbons (Fsp3) is 0.562. The van der Waals surface area contributed by atoms with Gasteiger partial charge in [-0.05, 0) is 70.0 Å². The van der Waals surface area contributed by atoms with Crippen molar-refractivity contribution in [2.45, 2.75) is 33.6 Å². The molecule has 104 valence electrons. The van der Waals surface area contributed by atoms with Crippen molar-refractivity contribution in [2.75, 3.05) is 26.2 Å². The van der Waals surface area contributed by atoms with E-state index in [1.165, 1.54) is 18.4 Å². The Labute approximate surface area is 115 Å². The molecule has 19 heavy (non-hydrogen) atoms. The highest BCUT2D eigenvalue weighted by Gasteiger charge is 2.19. The Morgan fingerprint density at radius 1 is 1.21 bits per heavy atom. The second-order valence-corrected chi connectivity index (χ2v) is 5.27. The average molecular weight is 261 g/mol. The van der Waals surface area contributed by atoms with Crippen LogP contribution in [0.25, 0.3) is 0 Å². The molecule has 1 heterocycles. The number of rotatable bonds is 5. The van der Waals surface area contributed by atoms with Crippen LogP contribution in [-0.2, 0) is 0 Å². The second-order valence-electron chi connectivity index (χ2n) is 5.27. The molecule has 0 saturated carbocycles. The molecule has 0 spiro atoms. The lowest BCUT2D eigenvalue weighted by atomic mass is 10.0. The third-order valence-electron chi connectivity index (χ3n) is 3.76. The van der Waals surface area contributed by atoms with Crippen LogP contribution in [-0.4, -0.2) is 36.9 Å². The number of aryl methyl sites for hydroxylation is 2.